The molecule has 1 rings (SSSR count). The van der Waals surface area contributed by atoms with E-state index in [1.807, 2.05) is 6.92 Å². The third-order valence-electron chi connectivity index (χ3n) is 1.80. The van der Waals surface area contributed by atoms with Gasteiger partial charge in [0.15, 0.2) is 9.84 Å². The summed E-state index contributed by atoms with van der Waals surface area (Å²) < 4.78 is 22.9. The summed E-state index contributed by atoms with van der Waals surface area (Å²) in [5, 5.41) is 0.433. The van der Waals surface area contributed by atoms with Gasteiger partial charge in [0.05, 0.1) is 4.90 Å². The number of alkyl halides is 1. The number of halogens is 2. The monoisotopic (exact) mass is 296 g/mol. The zero-order valence-corrected chi connectivity index (χ0v) is 10.9. The van der Waals surface area contributed by atoms with Gasteiger partial charge in [-0.3, -0.25) is 0 Å². The summed E-state index contributed by atoms with van der Waals surface area (Å²) in [6, 6.07) is 4.88. The van der Waals surface area contributed by atoms with Gasteiger partial charge in [0, 0.05) is 16.1 Å². The van der Waals surface area contributed by atoms with Crippen LogP contribution in [-0.2, 0) is 9.84 Å². The molecule has 0 aliphatic heterocycles. The molecule has 0 fully saturated rings. The Kier molecular flexibility index (Phi) is 3.61. The van der Waals surface area contributed by atoms with Crippen LogP contribution in [0, 0.1) is 0 Å². The molecule has 78 valence electrons. The third kappa shape index (κ3) is 2.72. The van der Waals surface area contributed by atoms with Crippen LogP contribution in [0.15, 0.2) is 23.1 Å². The molecule has 1 aromatic carbocycles. The molecule has 0 aromatic heterocycles. The lowest BCUT2D eigenvalue weighted by atomic mass is 10.2. The van der Waals surface area contributed by atoms with Crippen molar-refractivity contribution in [3.05, 3.63) is 28.8 Å². The molecule has 0 amide bonds. The van der Waals surface area contributed by atoms with Crippen LogP contribution in [0.1, 0.15) is 17.3 Å². The van der Waals surface area contributed by atoms with Gasteiger partial charge >= 0.3 is 0 Å². The van der Waals surface area contributed by atoms with E-state index in [9.17, 15) is 8.42 Å². The van der Waals surface area contributed by atoms with Gasteiger partial charge in [0.25, 0.3) is 0 Å². The predicted octanol–water partition coefficient (Wildman–Crippen LogP) is 3.20. The number of benzene rings is 1. The Balaban J connectivity index is 3.46. The maximum Gasteiger partial charge on any atom is 0.175 e. The highest BCUT2D eigenvalue weighted by atomic mass is 79.9. The van der Waals surface area contributed by atoms with E-state index in [0.717, 1.165) is 5.56 Å². The van der Waals surface area contributed by atoms with Crippen molar-refractivity contribution < 1.29 is 8.42 Å². The van der Waals surface area contributed by atoms with E-state index in [-0.39, 0.29) is 9.72 Å². The van der Waals surface area contributed by atoms with Crippen molar-refractivity contribution in [2.45, 2.75) is 16.6 Å². The zero-order chi connectivity index (χ0) is 10.9. The Labute approximate surface area is 97.3 Å². The Morgan fingerprint density at radius 3 is 2.43 bits per heavy atom. The van der Waals surface area contributed by atoms with Crippen LogP contribution in [0.25, 0.3) is 0 Å². The maximum atomic E-state index is 11.4. The minimum atomic E-state index is -3.22. The lowest BCUT2D eigenvalue weighted by Crippen LogP contribution is -2.02. The molecular weight excluding hydrogens is 288 g/mol. The minimum absolute atomic E-state index is 0.00973. The van der Waals surface area contributed by atoms with Crippen LogP contribution < -0.4 is 0 Å². The van der Waals surface area contributed by atoms with Crippen LogP contribution in [0.3, 0.4) is 0 Å². The highest BCUT2D eigenvalue weighted by molar-refractivity contribution is 9.09. The van der Waals surface area contributed by atoms with Crippen molar-refractivity contribution >= 4 is 37.4 Å². The molecule has 0 heterocycles. The molecule has 0 bridgehead atoms. The standard InChI is InChI=1S/C9H10BrClO2S/c1-6(10)8-4-3-7(11)5-9(8)14(2,12)13/h3-6H,1-2H3. The van der Waals surface area contributed by atoms with Crippen molar-refractivity contribution in [2.24, 2.45) is 0 Å². The quantitative estimate of drug-likeness (QED) is 0.786. The number of hydrogen-bond acceptors (Lipinski definition) is 2. The number of sulfone groups is 1. The normalized spacial score (nSPS) is 14.0. The lowest BCUT2D eigenvalue weighted by Gasteiger charge is -2.10. The number of rotatable bonds is 2. The molecule has 0 saturated heterocycles. The molecule has 5 heteroatoms. The van der Waals surface area contributed by atoms with E-state index >= 15 is 0 Å². The van der Waals surface area contributed by atoms with Crippen LogP contribution in [0.4, 0.5) is 0 Å². The van der Waals surface area contributed by atoms with E-state index in [1.54, 1.807) is 12.1 Å². The number of hydrogen-bond donors (Lipinski definition) is 0. The molecular formula is C9H10BrClO2S. The van der Waals surface area contributed by atoms with Crippen molar-refractivity contribution in [3.63, 3.8) is 0 Å². The summed E-state index contributed by atoms with van der Waals surface area (Å²) in [6.07, 6.45) is 1.18. The average Bonchev–Trinajstić information content (AvgIpc) is 2.01. The molecule has 1 atom stereocenters. The molecule has 2 nitrogen and oxygen atoms in total. The Bertz CT molecular complexity index is 440. The van der Waals surface area contributed by atoms with Crippen molar-refractivity contribution in [3.8, 4) is 0 Å². The maximum absolute atomic E-state index is 11.4. The van der Waals surface area contributed by atoms with E-state index in [4.69, 9.17) is 11.6 Å². The van der Waals surface area contributed by atoms with Gasteiger partial charge in [-0.1, -0.05) is 33.6 Å². The Morgan fingerprint density at radius 1 is 1.43 bits per heavy atom. The highest BCUT2D eigenvalue weighted by Crippen LogP contribution is 2.30. The predicted molar refractivity (Wildman–Crippen MR) is 61.9 cm³/mol. The average molecular weight is 298 g/mol. The SMILES string of the molecule is CC(Br)c1ccc(Cl)cc1S(C)(=O)=O. The second-order valence-electron chi connectivity index (χ2n) is 3.07. The van der Waals surface area contributed by atoms with E-state index in [0.29, 0.717) is 5.02 Å². The summed E-state index contributed by atoms with van der Waals surface area (Å²) in [5.41, 5.74) is 0.733. The van der Waals surface area contributed by atoms with Crippen molar-refractivity contribution in [1.29, 1.82) is 0 Å². The van der Waals surface area contributed by atoms with Crippen LogP contribution in [-0.4, -0.2) is 14.7 Å². The molecule has 1 aromatic rings. The minimum Gasteiger partial charge on any atom is -0.224 e. The van der Waals surface area contributed by atoms with Crippen LogP contribution in [0.5, 0.6) is 0 Å². The summed E-state index contributed by atoms with van der Waals surface area (Å²) >= 11 is 9.09. The molecule has 1 unspecified atom stereocenters. The first kappa shape index (κ1) is 12.0. The van der Waals surface area contributed by atoms with Crippen molar-refractivity contribution in [1.82, 2.24) is 0 Å². The van der Waals surface area contributed by atoms with Gasteiger partial charge in [-0.25, -0.2) is 8.42 Å². The largest absolute Gasteiger partial charge is 0.224 e. The van der Waals surface area contributed by atoms with Gasteiger partial charge in [0.2, 0.25) is 0 Å². The Hall–Kier alpha value is -0.0600. The molecule has 0 aliphatic rings. The first-order valence-electron chi connectivity index (χ1n) is 3.96. The molecule has 0 radical (unpaired) electrons. The second kappa shape index (κ2) is 4.21. The molecule has 0 N–H and O–H groups in total. The van der Waals surface area contributed by atoms with Crippen LogP contribution >= 0.6 is 27.5 Å². The first-order valence-corrected chi connectivity index (χ1v) is 7.14. The van der Waals surface area contributed by atoms with Gasteiger partial charge in [-0.2, -0.15) is 0 Å². The van der Waals surface area contributed by atoms with Crippen LogP contribution in [0.2, 0.25) is 5.02 Å². The fourth-order valence-corrected chi connectivity index (χ4v) is 2.96. The lowest BCUT2D eigenvalue weighted by molar-refractivity contribution is 0.601. The smallest absolute Gasteiger partial charge is 0.175 e. The summed E-state index contributed by atoms with van der Waals surface area (Å²) in [4.78, 5) is 0.277. The zero-order valence-electron chi connectivity index (χ0n) is 7.79. The third-order valence-corrected chi connectivity index (χ3v) is 3.68. The van der Waals surface area contributed by atoms with Gasteiger partial charge in [0.1, 0.15) is 0 Å². The highest BCUT2D eigenvalue weighted by Gasteiger charge is 2.16. The fourth-order valence-electron chi connectivity index (χ4n) is 1.16. The fraction of sp³-hybridized carbons (Fsp3) is 0.333. The first-order chi connectivity index (χ1) is 6.32. The molecule has 0 spiro atoms. The van der Waals surface area contributed by atoms with E-state index in [2.05, 4.69) is 15.9 Å². The van der Waals surface area contributed by atoms with E-state index < -0.39 is 9.84 Å². The molecule has 0 aliphatic carbocycles. The summed E-state index contributed by atoms with van der Waals surface area (Å²) in [7, 11) is -3.22. The summed E-state index contributed by atoms with van der Waals surface area (Å²) in [6.45, 7) is 1.87. The molecule has 0 saturated carbocycles. The summed E-state index contributed by atoms with van der Waals surface area (Å²) in [5.74, 6) is 0. The topological polar surface area (TPSA) is 34.1 Å². The Morgan fingerprint density at radius 2 is 2.00 bits per heavy atom. The van der Waals surface area contributed by atoms with Gasteiger partial charge in [-0.15, -0.1) is 0 Å². The van der Waals surface area contributed by atoms with Gasteiger partial charge < -0.3 is 0 Å². The second-order valence-corrected chi connectivity index (χ2v) is 6.86. The van der Waals surface area contributed by atoms with E-state index in [1.165, 1.54) is 12.3 Å². The van der Waals surface area contributed by atoms with Gasteiger partial charge in [-0.05, 0) is 24.6 Å². The van der Waals surface area contributed by atoms with Crippen molar-refractivity contribution in [2.75, 3.05) is 6.26 Å². The molecule has 14 heavy (non-hydrogen) atoms.